The number of hydrogen-bond donors (Lipinski definition) is 1. The van der Waals surface area contributed by atoms with Crippen LogP contribution in [0.4, 0.5) is 0 Å². The van der Waals surface area contributed by atoms with Crippen molar-refractivity contribution in [3.05, 3.63) is 47.5 Å². The molecule has 234 valence electrons. The quantitative estimate of drug-likeness (QED) is 0.304. The number of carbonyl (C=O) groups is 2. The molecule has 1 N–H and O–H groups in total. The van der Waals surface area contributed by atoms with Crippen molar-refractivity contribution in [2.75, 3.05) is 60.4 Å². The van der Waals surface area contributed by atoms with E-state index in [-0.39, 0.29) is 38.0 Å². The highest BCUT2D eigenvalue weighted by Crippen LogP contribution is 2.44. The average molecular weight is 596 g/mol. The Balaban J connectivity index is 1.38. The zero-order chi connectivity index (χ0) is 30.3. The van der Waals surface area contributed by atoms with Crippen LogP contribution in [0.2, 0.25) is 0 Å². The zero-order valence-electron chi connectivity index (χ0n) is 25.6. The Morgan fingerprint density at radius 1 is 0.930 bits per heavy atom. The van der Waals surface area contributed by atoms with E-state index >= 15 is 0 Å². The molecular weight excluding hydrogens is 550 g/mol. The van der Waals surface area contributed by atoms with Crippen LogP contribution in [-0.4, -0.2) is 98.1 Å². The van der Waals surface area contributed by atoms with Gasteiger partial charge < -0.3 is 33.9 Å². The van der Waals surface area contributed by atoms with Gasteiger partial charge in [0.25, 0.3) is 0 Å². The average Bonchev–Trinajstić information content (AvgIpc) is 3.73. The molecule has 0 saturated carbocycles. The lowest BCUT2D eigenvalue weighted by Crippen LogP contribution is -2.45. The van der Waals surface area contributed by atoms with Gasteiger partial charge in [0.05, 0.1) is 12.5 Å². The van der Waals surface area contributed by atoms with E-state index in [1.807, 2.05) is 41.3 Å². The number of hydrogen-bond acceptors (Lipinski definition) is 8. The molecule has 1 unspecified atom stereocenters. The van der Waals surface area contributed by atoms with Crippen LogP contribution < -0.4 is 18.9 Å². The van der Waals surface area contributed by atoms with Gasteiger partial charge in [0.2, 0.25) is 19.5 Å². The lowest BCUT2D eigenvalue weighted by molar-refractivity contribution is -0.143. The third-order valence-electron chi connectivity index (χ3n) is 8.80. The number of carboxylic acids is 1. The highest BCUT2D eigenvalue weighted by molar-refractivity contribution is 5.79. The van der Waals surface area contributed by atoms with Crippen LogP contribution in [0.15, 0.2) is 36.4 Å². The first-order valence-electron chi connectivity index (χ1n) is 15.5. The molecule has 0 aliphatic carbocycles. The van der Waals surface area contributed by atoms with E-state index in [0.29, 0.717) is 43.2 Å². The molecule has 0 radical (unpaired) electrons. The first-order chi connectivity index (χ1) is 20.9. The van der Waals surface area contributed by atoms with E-state index in [4.69, 9.17) is 18.9 Å². The molecule has 3 heterocycles. The number of likely N-dealkylation sites (tertiary alicyclic amines) is 1. The molecule has 10 nitrogen and oxygen atoms in total. The molecule has 1 amide bonds. The fourth-order valence-corrected chi connectivity index (χ4v) is 6.54. The Bertz CT molecular complexity index is 1270. The van der Waals surface area contributed by atoms with Crippen LogP contribution in [0.5, 0.6) is 23.0 Å². The topological polar surface area (TPSA) is 101 Å². The minimum Gasteiger partial charge on any atom is -0.481 e. The summed E-state index contributed by atoms with van der Waals surface area (Å²) < 4.78 is 22.4. The van der Waals surface area contributed by atoms with E-state index in [1.54, 1.807) is 0 Å². The molecule has 10 heteroatoms. The second-order valence-corrected chi connectivity index (χ2v) is 12.0. The van der Waals surface area contributed by atoms with Gasteiger partial charge >= 0.3 is 5.97 Å². The highest BCUT2D eigenvalue weighted by Gasteiger charge is 2.47. The van der Waals surface area contributed by atoms with Gasteiger partial charge in [0.15, 0.2) is 23.0 Å². The summed E-state index contributed by atoms with van der Waals surface area (Å²) in [6.07, 6.45) is 5.11. The number of unbranched alkanes of at least 4 members (excludes halogenated alkanes) is 2. The fraction of sp³-hybridized carbons (Fsp3) is 0.576. The van der Waals surface area contributed by atoms with Crippen molar-refractivity contribution in [1.82, 2.24) is 14.7 Å². The molecule has 3 atom stereocenters. The van der Waals surface area contributed by atoms with Crippen molar-refractivity contribution < 1.29 is 33.6 Å². The second kappa shape index (κ2) is 14.3. The van der Waals surface area contributed by atoms with Crippen molar-refractivity contribution in [2.45, 2.75) is 57.4 Å². The van der Waals surface area contributed by atoms with E-state index in [2.05, 4.69) is 30.8 Å². The van der Waals surface area contributed by atoms with Gasteiger partial charge in [-0.1, -0.05) is 31.5 Å². The van der Waals surface area contributed by atoms with Gasteiger partial charge in [0, 0.05) is 31.6 Å². The van der Waals surface area contributed by atoms with Crippen molar-refractivity contribution in [3.8, 4) is 23.0 Å². The third kappa shape index (κ3) is 7.36. The van der Waals surface area contributed by atoms with Gasteiger partial charge in [-0.25, -0.2) is 0 Å². The number of carbonyl (C=O) groups excluding carboxylic acids is 1. The van der Waals surface area contributed by atoms with Crippen molar-refractivity contribution in [3.63, 3.8) is 0 Å². The normalized spacial score (nSPS) is 20.6. The lowest BCUT2D eigenvalue weighted by atomic mass is 9.83. The number of ether oxygens (including phenoxy) is 4. The molecular formula is C33H45N3O7. The van der Waals surface area contributed by atoms with Crippen LogP contribution in [0.3, 0.4) is 0 Å². The summed E-state index contributed by atoms with van der Waals surface area (Å²) in [4.78, 5) is 33.0. The molecule has 0 aromatic heterocycles. The summed E-state index contributed by atoms with van der Waals surface area (Å²) in [6, 6.07) is 11.2. The Morgan fingerprint density at radius 2 is 1.67 bits per heavy atom. The third-order valence-corrected chi connectivity index (χ3v) is 8.80. The van der Waals surface area contributed by atoms with Crippen LogP contribution in [0, 0.1) is 5.92 Å². The lowest BCUT2D eigenvalue weighted by Gasteiger charge is -2.30. The van der Waals surface area contributed by atoms with Crippen LogP contribution in [0.1, 0.15) is 56.1 Å². The number of amides is 1. The van der Waals surface area contributed by atoms with Gasteiger partial charge in [-0.15, -0.1) is 0 Å². The molecule has 1 fully saturated rings. The van der Waals surface area contributed by atoms with Crippen LogP contribution >= 0.6 is 0 Å². The number of fused-ring (bicyclic) bond motifs is 2. The molecule has 0 spiro atoms. The molecule has 43 heavy (non-hydrogen) atoms. The first kappa shape index (κ1) is 30.9. The van der Waals surface area contributed by atoms with Gasteiger partial charge in [-0.05, 0) is 82.1 Å². The van der Waals surface area contributed by atoms with E-state index in [0.717, 1.165) is 55.6 Å². The van der Waals surface area contributed by atoms with Gasteiger partial charge in [0.1, 0.15) is 0 Å². The first-order valence-corrected chi connectivity index (χ1v) is 15.5. The summed E-state index contributed by atoms with van der Waals surface area (Å²) in [5.74, 6) is 0.964. The molecule has 3 aliphatic rings. The largest absolute Gasteiger partial charge is 0.481 e. The summed E-state index contributed by atoms with van der Waals surface area (Å²) in [7, 11) is 4.12. The Labute approximate surface area is 254 Å². The minimum absolute atomic E-state index is 0.0658. The Hall–Kier alpha value is -3.50. The number of benzene rings is 2. The van der Waals surface area contributed by atoms with E-state index in [1.165, 1.54) is 0 Å². The molecule has 2 aromatic rings. The van der Waals surface area contributed by atoms with Crippen LogP contribution in [0.25, 0.3) is 0 Å². The van der Waals surface area contributed by atoms with E-state index < -0.39 is 11.9 Å². The highest BCUT2D eigenvalue weighted by atomic mass is 16.7. The summed E-state index contributed by atoms with van der Waals surface area (Å²) >= 11 is 0. The predicted octanol–water partition coefficient (Wildman–Crippen LogP) is 4.22. The minimum atomic E-state index is -0.855. The molecule has 3 aliphatic heterocycles. The number of aliphatic carboxylic acids is 1. The number of rotatable bonds is 15. The number of para-hydroxylation sites is 1. The predicted molar refractivity (Wildman–Crippen MR) is 162 cm³/mol. The smallest absolute Gasteiger partial charge is 0.308 e. The Kier molecular flexibility index (Phi) is 10.3. The number of aryl methyl sites for hydroxylation is 1. The summed E-state index contributed by atoms with van der Waals surface area (Å²) in [6.45, 7) is 5.56. The maximum Gasteiger partial charge on any atom is 0.308 e. The molecule has 0 bridgehead atoms. The maximum absolute atomic E-state index is 13.8. The monoisotopic (exact) mass is 595 g/mol. The van der Waals surface area contributed by atoms with Crippen molar-refractivity contribution in [1.29, 1.82) is 0 Å². The van der Waals surface area contributed by atoms with Crippen molar-refractivity contribution in [2.24, 2.45) is 5.92 Å². The Morgan fingerprint density at radius 3 is 2.47 bits per heavy atom. The summed E-state index contributed by atoms with van der Waals surface area (Å²) in [5.41, 5.74) is 1.88. The van der Waals surface area contributed by atoms with Gasteiger partial charge in [-0.3, -0.25) is 14.5 Å². The molecule has 2 aromatic carbocycles. The molecule has 1 saturated heterocycles. The van der Waals surface area contributed by atoms with Crippen LogP contribution in [-0.2, 0) is 16.0 Å². The standard InChI is InChI=1S/C33H45N3O7/c1-4-5-16-35(17-7-6-15-34(2)3)30(37)20-36-19-25(24-12-14-27-29(18-24)42-21-40-27)31(33(38)39)26(36)13-11-23-9-8-10-28-32(23)43-22-41-28/h8-10,12,14,18,25-26,31H,4-7,11,13,15-17,19-22H2,1-3H3,(H,38,39)/t25-,26+,31?/m1/s1. The number of nitrogens with zero attached hydrogens (tertiary/aromatic N) is 3. The van der Waals surface area contributed by atoms with Crippen molar-refractivity contribution >= 4 is 11.9 Å². The van der Waals surface area contributed by atoms with E-state index in [9.17, 15) is 14.7 Å². The molecule has 5 rings (SSSR count). The zero-order valence-corrected chi connectivity index (χ0v) is 25.6. The number of carboxylic acid groups (broad SMARTS) is 1. The van der Waals surface area contributed by atoms with Gasteiger partial charge in [-0.2, -0.15) is 0 Å². The summed E-state index contributed by atoms with van der Waals surface area (Å²) in [5, 5.41) is 10.6. The maximum atomic E-state index is 13.8. The fourth-order valence-electron chi connectivity index (χ4n) is 6.54. The SMILES string of the molecule is CCCCN(CCCCN(C)C)C(=O)CN1C[C@H](c2ccc3c(c2)OCO3)C(C(=O)O)[C@@H]1CCc1cccc2c1OCO2. The second-order valence-electron chi connectivity index (χ2n) is 12.0.